The predicted molar refractivity (Wildman–Crippen MR) is 81.6 cm³/mol. The van der Waals surface area contributed by atoms with E-state index in [0.29, 0.717) is 11.4 Å². The summed E-state index contributed by atoms with van der Waals surface area (Å²) in [5.74, 6) is 0. The Labute approximate surface area is 122 Å². The molecule has 0 aliphatic carbocycles. The van der Waals surface area contributed by atoms with Crippen LogP contribution in [0, 0.1) is 0 Å². The standard InChI is InChI=1S/C15H13N3O2S/c16-21(19,20)18-15(13-9-5-2-6-10-13)11-14(17-18)12-7-3-1-4-8-12/h1-11H,(H2,16,19,20). The lowest BCUT2D eigenvalue weighted by atomic mass is 10.1. The summed E-state index contributed by atoms with van der Waals surface area (Å²) in [7, 11) is -3.96. The van der Waals surface area contributed by atoms with Gasteiger partial charge in [-0.15, -0.1) is 4.09 Å². The molecule has 1 aromatic heterocycles. The van der Waals surface area contributed by atoms with Gasteiger partial charge in [0.05, 0.1) is 11.4 Å². The van der Waals surface area contributed by atoms with Crippen LogP contribution in [-0.2, 0) is 10.2 Å². The summed E-state index contributed by atoms with van der Waals surface area (Å²) in [4.78, 5) is 0. The van der Waals surface area contributed by atoms with Crippen molar-refractivity contribution in [3.8, 4) is 22.5 Å². The molecule has 6 heteroatoms. The van der Waals surface area contributed by atoms with Crippen LogP contribution >= 0.6 is 0 Å². The highest BCUT2D eigenvalue weighted by atomic mass is 32.2. The van der Waals surface area contributed by atoms with Crippen LogP contribution in [-0.4, -0.2) is 17.6 Å². The van der Waals surface area contributed by atoms with Crippen molar-refractivity contribution in [2.75, 3.05) is 0 Å². The smallest absolute Gasteiger partial charge is 0.210 e. The molecule has 0 radical (unpaired) electrons. The van der Waals surface area contributed by atoms with Crippen LogP contribution in [0.1, 0.15) is 0 Å². The maximum Gasteiger partial charge on any atom is 0.318 e. The van der Waals surface area contributed by atoms with Crippen molar-refractivity contribution in [1.82, 2.24) is 9.19 Å². The van der Waals surface area contributed by atoms with Crippen molar-refractivity contribution >= 4 is 10.2 Å². The minimum absolute atomic E-state index is 0.442. The van der Waals surface area contributed by atoms with Crippen LogP contribution in [0.25, 0.3) is 22.5 Å². The third-order valence-corrected chi connectivity index (χ3v) is 3.82. The lowest BCUT2D eigenvalue weighted by Gasteiger charge is -2.03. The Morgan fingerprint density at radius 2 is 1.38 bits per heavy atom. The summed E-state index contributed by atoms with van der Waals surface area (Å²) in [5, 5.41) is 9.39. The Morgan fingerprint density at radius 3 is 1.90 bits per heavy atom. The van der Waals surface area contributed by atoms with Gasteiger partial charge in [-0.2, -0.15) is 13.5 Å². The van der Waals surface area contributed by atoms with E-state index in [1.165, 1.54) is 0 Å². The SMILES string of the molecule is NS(=O)(=O)n1nc(-c2ccccc2)cc1-c1ccccc1. The molecule has 0 bridgehead atoms. The van der Waals surface area contributed by atoms with Crippen LogP contribution in [0.5, 0.6) is 0 Å². The van der Waals surface area contributed by atoms with E-state index in [-0.39, 0.29) is 0 Å². The first kappa shape index (κ1) is 13.5. The van der Waals surface area contributed by atoms with E-state index in [0.717, 1.165) is 15.2 Å². The Morgan fingerprint density at radius 1 is 0.857 bits per heavy atom. The van der Waals surface area contributed by atoms with Gasteiger partial charge in [0, 0.05) is 11.1 Å². The molecule has 3 rings (SSSR count). The molecule has 0 fully saturated rings. The molecule has 106 valence electrons. The fourth-order valence-corrected chi connectivity index (χ4v) is 2.75. The maximum atomic E-state index is 11.7. The molecule has 0 aliphatic heterocycles. The number of aromatic nitrogens is 2. The zero-order chi connectivity index (χ0) is 14.9. The van der Waals surface area contributed by atoms with Crippen LogP contribution in [0.15, 0.2) is 66.7 Å². The van der Waals surface area contributed by atoms with Gasteiger partial charge in [-0.05, 0) is 6.07 Å². The Bertz CT molecular complexity index is 856. The average Bonchev–Trinajstić information content (AvgIpc) is 2.94. The van der Waals surface area contributed by atoms with E-state index in [4.69, 9.17) is 5.14 Å². The van der Waals surface area contributed by atoms with Gasteiger partial charge < -0.3 is 0 Å². The second kappa shape index (κ2) is 5.16. The fraction of sp³-hybridized carbons (Fsp3) is 0. The summed E-state index contributed by atoms with van der Waals surface area (Å²) in [6.07, 6.45) is 0. The van der Waals surface area contributed by atoms with Gasteiger partial charge in [0.1, 0.15) is 0 Å². The zero-order valence-electron chi connectivity index (χ0n) is 11.0. The highest BCUT2D eigenvalue weighted by Gasteiger charge is 2.18. The zero-order valence-corrected chi connectivity index (χ0v) is 11.9. The quantitative estimate of drug-likeness (QED) is 0.806. The van der Waals surface area contributed by atoms with Crippen molar-refractivity contribution in [1.29, 1.82) is 0 Å². The van der Waals surface area contributed by atoms with Gasteiger partial charge in [0.15, 0.2) is 0 Å². The molecular formula is C15H13N3O2S. The lowest BCUT2D eigenvalue weighted by Crippen LogP contribution is -2.23. The molecule has 21 heavy (non-hydrogen) atoms. The van der Waals surface area contributed by atoms with E-state index >= 15 is 0 Å². The molecule has 0 saturated carbocycles. The molecule has 1 heterocycles. The molecule has 0 spiro atoms. The number of hydrogen-bond donors (Lipinski definition) is 1. The molecule has 0 unspecified atom stereocenters. The fourth-order valence-electron chi connectivity index (χ4n) is 2.11. The Balaban J connectivity index is 2.22. The molecule has 0 amide bonds. The van der Waals surface area contributed by atoms with Crippen molar-refractivity contribution in [3.05, 3.63) is 66.7 Å². The highest BCUT2D eigenvalue weighted by Crippen LogP contribution is 2.26. The van der Waals surface area contributed by atoms with E-state index < -0.39 is 10.2 Å². The molecule has 3 aromatic rings. The third kappa shape index (κ3) is 2.72. The molecule has 0 atom stereocenters. The minimum atomic E-state index is -3.96. The van der Waals surface area contributed by atoms with Gasteiger partial charge in [-0.1, -0.05) is 60.7 Å². The molecule has 2 N–H and O–H groups in total. The largest absolute Gasteiger partial charge is 0.318 e. The van der Waals surface area contributed by atoms with Crippen LogP contribution in [0.4, 0.5) is 0 Å². The number of nitrogens with zero attached hydrogens (tertiary/aromatic N) is 2. The first-order valence-electron chi connectivity index (χ1n) is 6.30. The van der Waals surface area contributed by atoms with Crippen molar-refractivity contribution < 1.29 is 8.42 Å². The average molecular weight is 299 g/mol. The first-order chi connectivity index (χ1) is 10.1. The highest BCUT2D eigenvalue weighted by molar-refractivity contribution is 7.87. The molecule has 5 nitrogen and oxygen atoms in total. The minimum Gasteiger partial charge on any atom is -0.210 e. The molecule has 0 saturated heterocycles. The number of nitrogens with two attached hydrogens (primary N) is 1. The normalized spacial score (nSPS) is 11.5. The second-order valence-electron chi connectivity index (χ2n) is 4.53. The van der Waals surface area contributed by atoms with Gasteiger partial charge in [0.25, 0.3) is 0 Å². The van der Waals surface area contributed by atoms with Crippen LogP contribution < -0.4 is 5.14 Å². The summed E-state index contributed by atoms with van der Waals surface area (Å²) >= 11 is 0. The topological polar surface area (TPSA) is 78.0 Å². The molecule has 0 aliphatic rings. The van der Waals surface area contributed by atoms with E-state index in [1.807, 2.05) is 60.7 Å². The van der Waals surface area contributed by atoms with Gasteiger partial charge in [-0.25, -0.2) is 5.14 Å². The first-order valence-corrected chi connectivity index (χ1v) is 7.80. The monoisotopic (exact) mass is 299 g/mol. The molecular weight excluding hydrogens is 286 g/mol. The van der Waals surface area contributed by atoms with Crippen molar-refractivity contribution in [2.45, 2.75) is 0 Å². The Hall–Kier alpha value is -2.44. The van der Waals surface area contributed by atoms with Crippen LogP contribution in [0.3, 0.4) is 0 Å². The van der Waals surface area contributed by atoms with E-state index in [2.05, 4.69) is 5.10 Å². The van der Waals surface area contributed by atoms with Crippen molar-refractivity contribution in [3.63, 3.8) is 0 Å². The summed E-state index contributed by atoms with van der Waals surface area (Å²) in [6, 6.07) is 20.2. The van der Waals surface area contributed by atoms with Crippen LogP contribution in [0.2, 0.25) is 0 Å². The lowest BCUT2D eigenvalue weighted by molar-refractivity contribution is 0.583. The second-order valence-corrected chi connectivity index (χ2v) is 5.91. The maximum absolute atomic E-state index is 11.7. The summed E-state index contributed by atoms with van der Waals surface area (Å²) in [6.45, 7) is 0. The van der Waals surface area contributed by atoms with E-state index in [9.17, 15) is 8.42 Å². The van der Waals surface area contributed by atoms with E-state index in [1.54, 1.807) is 6.07 Å². The number of benzene rings is 2. The number of hydrogen-bond acceptors (Lipinski definition) is 3. The number of rotatable bonds is 3. The Kier molecular flexibility index (Phi) is 3.32. The third-order valence-electron chi connectivity index (χ3n) is 3.06. The van der Waals surface area contributed by atoms with Gasteiger partial charge in [-0.3, -0.25) is 0 Å². The summed E-state index contributed by atoms with van der Waals surface area (Å²) < 4.78 is 24.4. The van der Waals surface area contributed by atoms with Gasteiger partial charge >= 0.3 is 10.2 Å². The van der Waals surface area contributed by atoms with Crippen molar-refractivity contribution in [2.24, 2.45) is 5.14 Å². The summed E-state index contributed by atoms with van der Waals surface area (Å²) in [5.41, 5.74) is 2.57. The van der Waals surface area contributed by atoms with Gasteiger partial charge in [0.2, 0.25) is 0 Å². The molecule has 2 aromatic carbocycles. The predicted octanol–water partition coefficient (Wildman–Crippen LogP) is 2.27.